The number of hydrogen-bond acceptors (Lipinski definition) is 5. The highest BCUT2D eigenvalue weighted by molar-refractivity contribution is 7.92. The number of carbonyl (C=O) groups excluding carboxylic acids is 2. The van der Waals surface area contributed by atoms with E-state index < -0.39 is 28.5 Å². The molecule has 9 heteroatoms. The van der Waals surface area contributed by atoms with Gasteiger partial charge in [0.15, 0.2) is 0 Å². The summed E-state index contributed by atoms with van der Waals surface area (Å²) in [4.78, 5) is 27.4. The fourth-order valence-electron chi connectivity index (χ4n) is 3.53. The van der Waals surface area contributed by atoms with Gasteiger partial charge in [-0.15, -0.1) is 0 Å². The minimum absolute atomic E-state index is 0.154. The summed E-state index contributed by atoms with van der Waals surface area (Å²) in [6.45, 7) is 3.56. The van der Waals surface area contributed by atoms with Crippen molar-refractivity contribution in [1.29, 1.82) is 0 Å². The van der Waals surface area contributed by atoms with E-state index in [1.165, 1.54) is 11.9 Å². The number of carbonyl (C=O) groups is 2. The normalized spacial score (nSPS) is 12.0. The van der Waals surface area contributed by atoms with E-state index in [0.717, 1.165) is 28.1 Å². The van der Waals surface area contributed by atoms with Crippen LogP contribution >= 0.6 is 0 Å². The zero-order chi connectivity index (χ0) is 24.6. The van der Waals surface area contributed by atoms with Gasteiger partial charge in [0.05, 0.1) is 19.1 Å². The zero-order valence-corrected chi connectivity index (χ0v) is 20.7. The van der Waals surface area contributed by atoms with Gasteiger partial charge < -0.3 is 15.0 Å². The van der Waals surface area contributed by atoms with Crippen molar-refractivity contribution in [1.82, 2.24) is 10.2 Å². The Kier molecular flexibility index (Phi) is 9.28. The van der Waals surface area contributed by atoms with Crippen molar-refractivity contribution in [2.45, 2.75) is 39.3 Å². The molecular weight excluding hydrogens is 442 g/mol. The van der Waals surface area contributed by atoms with E-state index in [-0.39, 0.29) is 12.5 Å². The van der Waals surface area contributed by atoms with Crippen molar-refractivity contribution in [2.75, 3.05) is 31.3 Å². The first kappa shape index (κ1) is 26.2. The van der Waals surface area contributed by atoms with Gasteiger partial charge in [0.25, 0.3) is 0 Å². The maximum atomic E-state index is 13.5. The largest absolute Gasteiger partial charge is 0.497 e. The van der Waals surface area contributed by atoms with Gasteiger partial charge in [0.1, 0.15) is 18.3 Å². The van der Waals surface area contributed by atoms with Crippen LogP contribution in [0.3, 0.4) is 0 Å². The van der Waals surface area contributed by atoms with Crippen LogP contribution < -0.4 is 14.4 Å². The average Bonchev–Trinajstić information content (AvgIpc) is 2.81. The van der Waals surface area contributed by atoms with E-state index in [9.17, 15) is 18.0 Å². The number of rotatable bonds is 11. The molecule has 0 saturated carbocycles. The van der Waals surface area contributed by atoms with Gasteiger partial charge >= 0.3 is 0 Å². The second-order valence-corrected chi connectivity index (χ2v) is 9.60. The molecule has 1 atom stereocenters. The average molecular weight is 476 g/mol. The lowest BCUT2D eigenvalue weighted by atomic mass is 10.1. The number of likely N-dealkylation sites (N-methyl/N-ethyl adjacent to an activating group) is 1. The Bertz CT molecular complexity index is 1040. The third-order valence-electron chi connectivity index (χ3n) is 5.46. The van der Waals surface area contributed by atoms with Crippen LogP contribution in [-0.2, 0) is 32.6 Å². The smallest absolute Gasteiger partial charge is 0.244 e. The predicted octanol–water partition coefficient (Wildman–Crippen LogP) is 2.58. The first-order valence-corrected chi connectivity index (χ1v) is 12.7. The molecule has 33 heavy (non-hydrogen) atoms. The Balaban J connectivity index is 2.39. The second kappa shape index (κ2) is 11.7. The Labute approximate surface area is 196 Å². The highest BCUT2D eigenvalue weighted by atomic mass is 32.2. The van der Waals surface area contributed by atoms with Crippen molar-refractivity contribution in [3.8, 4) is 5.75 Å². The van der Waals surface area contributed by atoms with Crippen LogP contribution in [0.25, 0.3) is 0 Å². The number of aryl methyl sites for hydroxylation is 1. The van der Waals surface area contributed by atoms with Crippen LogP contribution in [-0.4, -0.2) is 58.1 Å². The number of benzene rings is 2. The fourth-order valence-corrected chi connectivity index (χ4v) is 4.37. The van der Waals surface area contributed by atoms with Crippen LogP contribution in [0.5, 0.6) is 5.75 Å². The first-order chi connectivity index (χ1) is 15.6. The Morgan fingerprint density at radius 3 is 2.03 bits per heavy atom. The lowest BCUT2D eigenvalue weighted by molar-refractivity contribution is -0.140. The van der Waals surface area contributed by atoms with Gasteiger partial charge in [-0.3, -0.25) is 13.9 Å². The molecule has 0 fully saturated rings. The van der Waals surface area contributed by atoms with Crippen molar-refractivity contribution in [3.05, 3.63) is 59.7 Å². The number of sulfonamides is 1. The topological polar surface area (TPSA) is 96.0 Å². The summed E-state index contributed by atoms with van der Waals surface area (Å²) in [5, 5.41) is 2.60. The molecule has 0 bridgehead atoms. The lowest BCUT2D eigenvalue weighted by Crippen LogP contribution is -2.51. The van der Waals surface area contributed by atoms with Crippen molar-refractivity contribution >= 4 is 27.5 Å². The molecule has 2 aromatic carbocycles. The van der Waals surface area contributed by atoms with Gasteiger partial charge in [-0.1, -0.05) is 38.1 Å². The van der Waals surface area contributed by atoms with Crippen LogP contribution in [0.4, 0.5) is 5.69 Å². The molecule has 0 aliphatic heterocycles. The number of nitrogens with one attached hydrogen (secondary N) is 1. The number of hydrogen-bond donors (Lipinski definition) is 1. The molecule has 1 N–H and O–H groups in total. The van der Waals surface area contributed by atoms with Crippen LogP contribution in [0, 0.1) is 0 Å². The number of nitrogens with zero attached hydrogens (tertiary/aromatic N) is 2. The number of methoxy groups -OCH3 is 1. The second-order valence-electron chi connectivity index (χ2n) is 7.70. The molecule has 2 rings (SSSR count). The monoisotopic (exact) mass is 475 g/mol. The summed E-state index contributed by atoms with van der Waals surface area (Å²) in [5.74, 6) is -0.0995. The highest BCUT2D eigenvalue weighted by Crippen LogP contribution is 2.21. The van der Waals surface area contributed by atoms with Crippen LogP contribution in [0.1, 0.15) is 31.4 Å². The van der Waals surface area contributed by atoms with Gasteiger partial charge in [0.2, 0.25) is 21.8 Å². The first-order valence-electron chi connectivity index (χ1n) is 10.8. The minimum atomic E-state index is -3.74. The Hall–Kier alpha value is -3.07. The minimum Gasteiger partial charge on any atom is -0.497 e. The molecule has 0 saturated heterocycles. The summed E-state index contributed by atoms with van der Waals surface area (Å²) in [5.41, 5.74) is 2.26. The molecular formula is C24H33N3O5S. The predicted molar refractivity (Wildman–Crippen MR) is 130 cm³/mol. The molecule has 2 aromatic rings. The SMILES string of the molecule is CCc1ccc(N(CC(=O)N(Cc2ccc(OC)cc2)[C@@H](CC)C(=O)NC)S(C)(=O)=O)cc1. The molecule has 0 radical (unpaired) electrons. The third-order valence-corrected chi connectivity index (χ3v) is 6.60. The molecule has 180 valence electrons. The van der Waals surface area contributed by atoms with E-state index in [1.54, 1.807) is 31.4 Å². The number of anilines is 1. The fraction of sp³-hybridized carbons (Fsp3) is 0.417. The van der Waals surface area contributed by atoms with E-state index >= 15 is 0 Å². The molecule has 0 spiro atoms. The molecule has 0 aliphatic rings. The number of ether oxygens (including phenoxy) is 1. The summed E-state index contributed by atoms with van der Waals surface area (Å²) in [6, 6.07) is 13.5. The van der Waals surface area contributed by atoms with Gasteiger partial charge in [0, 0.05) is 13.6 Å². The maximum absolute atomic E-state index is 13.5. The van der Waals surface area contributed by atoms with Gasteiger partial charge in [-0.2, -0.15) is 0 Å². The van der Waals surface area contributed by atoms with Crippen molar-refractivity contribution in [3.63, 3.8) is 0 Å². The van der Waals surface area contributed by atoms with E-state index in [0.29, 0.717) is 17.9 Å². The summed E-state index contributed by atoms with van der Waals surface area (Å²) >= 11 is 0. The third kappa shape index (κ3) is 6.95. The van der Waals surface area contributed by atoms with Crippen molar-refractivity contribution in [2.24, 2.45) is 0 Å². The lowest BCUT2D eigenvalue weighted by Gasteiger charge is -2.32. The van der Waals surface area contributed by atoms with Crippen LogP contribution in [0.15, 0.2) is 48.5 Å². The van der Waals surface area contributed by atoms with Gasteiger partial charge in [-0.05, 0) is 48.2 Å². The number of amides is 2. The maximum Gasteiger partial charge on any atom is 0.244 e. The van der Waals surface area contributed by atoms with Crippen LogP contribution in [0.2, 0.25) is 0 Å². The molecule has 0 aromatic heterocycles. The summed E-state index contributed by atoms with van der Waals surface area (Å²) in [7, 11) is -0.659. The standard InChI is InChI=1S/C24H33N3O5S/c1-6-18-8-12-20(13-9-18)27(33(5,30)31)17-23(28)26(22(7-2)24(29)25-3)16-19-10-14-21(32-4)15-11-19/h8-15,22H,6-7,16-17H2,1-5H3,(H,25,29)/t22-/m0/s1. The molecule has 2 amide bonds. The van der Waals surface area contributed by atoms with Gasteiger partial charge in [-0.25, -0.2) is 8.42 Å². The van der Waals surface area contributed by atoms with E-state index in [1.807, 2.05) is 38.1 Å². The Morgan fingerprint density at radius 2 is 1.58 bits per heavy atom. The van der Waals surface area contributed by atoms with Crippen molar-refractivity contribution < 1.29 is 22.7 Å². The Morgan fingerprint density at radius 1 is 1.00 bits per heavy atom. The summed E-state index contributed by atoms with van der Waals surface area (Å²) in [6.07, 6.45) is 2.27. The highest BCUT2D eigenvalue weighted by Gasteiger charge is 2.31. The molecule has 0 aliphatic carbocycles. The quantitative estimate of drug-likeness (QED) is 0.539. The summed E-state index contributed by atoms with van der Waals surface area (Å²) < 4.78 is 31.4. The zero-order valence-electron chi connectivity index (χ0n) is 19.9. The molecule has 8 nitrogen and oxygen atoms in total. The van der Waals surface area contributed by atoms with E-state index in [2.05, 4.69) is 5.32 Å². The van der Waals surface area contributed by atoms with E-state index in [4.69, 9.17) is 4.74 Å². The molecule has 0 unspecified atom stereocenters. The molecule has 0 heterocycles.